The van der Waals surface area contributed by atoms with Gasteiger partial charge in [0.2, 0.25) is 0 Å². The second kappa shape index (κ2) is 10.7. The SMILES string of the molecule is CO[C@@H]1[C@H](O)[C@@H](COC(=O)CCC(C)=O)O[C@H]1n1cnc2c(NC(=O)c3ccccc3)ncnc21. The molecule has 0 saturated carbocycles. The highest BCUT2D eigenvalue weighted by Crippen LogP contribution is 2.34. The third-order valence-corrected chi connectivity index (χ3v) is 5.58. The van der Waals surface area contributed by atoms with Crippen molar-refractivity contribution in [1.29, 1.82) is 0 Å². The molecule has 3 aromatic rings. The van der Waals surface area contributed by atoms with Crippen LogP contribution in [-0.2, 0) is 23.8 Å². The standard InChI is InChI=1S/C23H25N5O7/c1-13(29)8-9-16(30)34-10-15-18(31)19(33-2)23(35-15)28-12-26-17-20(24-11-25-21(17)28)27-22(32)14-6-4-3-5-7-14/h3-7,11-12,15,18-19,23,31H,8-10H2,1-2H3,(H,24,25,27,32)/t15-,18-,19-,23-/m1/s1. The molecule has 2 aromatic heterocycles. The summed E-state index contributed by atoms with van der Waals surface area (Å²) in [6.45, 7) is 1.18. The lowest BCUT2D eigenvalue weighted by molar-refractivity contribution is -0.150. The van der Waals surface area contributed by atoms with Gasteiger partial charge in [-0.3, -0.25) is 14.2 Å². The predicted octanol–water partition coefficient (Wildman–Crippen LogP) is 1.26. The van der Waals surface area contributed by atoms with Gasteiger partial charge in [-0.25, -0.2) is 15.0 Å². The van der Waals surface area contributed by atoms with E-state index in [1.54, 1.807) is 28.8 Å². The Morgan fingerprint density at radius 2 is 1.91 bits per heavy atom. The number of anilines is 1. The topological polar surface area (TPSA) is 155 Å². The van der Waals surface area contributed by atoms with Crippen LogP contribution in [0.3, 0.4) is 0 Å². The second-order valence-corrected chi connectivity index (χ2v) is 8.01. The maximum atomic E-state index is 12.6. The number of ketones is 1. The fourth-order valence-electron chi connectivity index (χ4n) is 3.76. The zero-order valence-corrected chi connectivity index (χ0v) is 19.2. The van der Waals surface area contributed by atoms with Crippen molar-refractivity contribution in [1.82, 2.24) is 19.5 Å². The van der Waals surface area contributed by atoms with Crippen molar-refractivity contribution in [3.63, 3.8) is 0 Å². The highest BCUT2D eigenvalue weighted by molar-refractivity contribution is 6.06. The number of carbonyl (C=O) groups excluding carboxylic acids is 3. The summed E-state index contributed by atoms with van der Waals surface area (Å²) in [6, 6.07) is 8.67. The number of aromatic nitrogens is 4. The van der Waals surface area contributed by atoms with Gasteiger partial charge < -0.3 is 29.4 Å². The lowest BCUT2D eigenvalue weighted by Crippen LogP contribution is -2.35. The summed E-state index contributed by atoms with van der Waals surface area (Å²) in [5.74, 6) is -0.819. The predicted molar refractivity (Wildman–Crippen MR) is 121 cm³/mol. The Balaban J connectivity index is 1.51. The Hall–Kier alpha value is -3.74. The van der Waals surface area contributed by atoms with Gasteiger partial charge in [0.25, 0.3) is 5.91 Å². The Bertz CT molecular complexity index is 1220. The number of esters is 1. The first-order valence-corrected chi connectivity index (χ1v) is 10.9. The molecule has 0 radical (unpaired) electrons. The number of methoxy groups -OCH3 is 1. The number of imidazole rings is 1. The Labute approximate surface area is 200 Å². The zero-order chi connectivity index (χ0) is 24.9. The summed E-state index contributed by atoms with van der Waals surface area (Å²) in [5, 5.41) is 13.4. The number of aliphatic hydroxyl groups is 1. The van der Waals surface area contributed by atoms with Crippen molar-refractivity contribution in [3.8, 4) is 0 Å². The number of benzene rings is 1. The molecule has 1 aliphatic rings. The third-order valence-electron chi connectivity index (χ3n) is 5.58. The highest BCUT2D eigenvalue weighted by Gasteiger charge is 2.46. The van der Waals surface area contributed by atoms with Crippen LogP contribution in [0.25, 0.3) is 11.2 Å². The molecule has 0 aliphatic carbocycles. The molecule has 1 fully saturated rings. The lowest BCUT2D eigenvalue weighted by atomic mass is 10.1. The number of hydrogen-bond acceptors (Lipinski definition) is 10. The maximum absolute atomic E-state index is 12.6. The molecule has 0 spiro atoms. The van der Waals surface area contributed by atoms with Crippen LogP contribution in [0.5, 0.6) is 0 Å². The van der Waals surface area contributed by atoms with Gasteiger partial charge in [0.15, 0.2) is 23.2 Å². The molecule has 1 amide bonds. The number of Topliss-reactive ketones (excluding diaryl/α,β-unsaturated/α-hetero) is 1. The van der Waals surface area contributed by atoms with Crippen LogP contribution in [-0.4, -0.2) is 74.3 Å². The van der Waals surface area contributed by atoms with E-state index in [0.29, 0.717) is 16.7 Å². The molecular weight excluding hydrogens is 458 g/mol. The average molecular weight is 483 g/mol. The number of nitrogens with one attached hydrogen (secondary N) is 1. The van der Waals surface area contributed by atoms with Gasteiger partial charge in [-0.2, -0.15) is 0 Å². The van der Waals surface area contributed by atoms with Gasteiger partial charge in [0, 0.05) is 19.1 Å². The maximum Gasteiger partial charge on any atom is 0.306 e. The number of hydrogen-bond donors (Lipinski definition) is 2. The number of nitrogens with zero attached hydrogens (tertiary/aromatic N) is 4. The van der Waals surface area contributed by atoms with Crippen molar-refractivity contribution in [2.45, 2.75) is 44.3 Å². The van der Waals surface area contributed by atoms with Crippen molar-refractivity contribution < 1.29 is 33.7 Å². The number of carbonyl (C=O) groups is 3. The van der Waals surface area contributed by atoms with Crippen LogP contribution >= 0.6 is 0 Å². The first kappa shape index (κ1) is 24.4. The summed E-state index contributed by atoms with van der Waals surface area (Å²) in [4.78, 5) is 48.2. The zero-order valence-electron chi connectivity index (χ0n) is 19.2. The molecule has 12 nitrogen and oxygen atoms in total. The van der Waals surface area contributed by atoms with Crippen molar-refractivity contribution in [3.05, 3.63) is 48.5 Å². The van der Waals surface area contributed by atoms with Gasteiger partial charge in [-0.15, -0.1) is 0 Å². The van der Waals surface area contributed by atoms with Gasteiger partial charge in [0.1, 0.15) is 37.0 Å². The number of amides is 1. The fraction of sp³-hybridized carbons (Fsp3) is 0.391. The van der Waals surface area contributed by atoms with Crippen LogP contribution in [0.1, 0.15) is 36.4 Å². The van der Waals surface area contributed by atoms with Crippen LogP contribution in [0.15, 0.2) is 43.0 Å². The first-order valence-electron chi connectivity index (χ1n) is 10.9. The van der Waals surface area contributed by atoms with Crippen LogP contribution in [0, 0.1) is 0 Å². The summed E-state index contributed by atoms with van der Waals surface area (Å²) in [5.41, 5.74) is 1.13. The Morgan fingerprint density at radius 3 is 2.63 bits per heavy atom. The molecule has 0 bridgehead atoms. The monoisotopic (exact) mass is 483 g/mol. The van der Waals surface area contributed by atoms with Gasteiger partial charge in [-0.05, 0) is 19.1 Å². The summed E-state index contributed by atoms with van der Waals surface area (Å²) >= 11 is 0. The van der Waals surface area contributed by atoms with E-state index in [4.69, 9.17) is 14.2 Å². The molecule has 2 N–H and O–H groups in total. The molecule has 35 heavy (non-hydrogen) atoms. The smallest absolute Gasteiger partial charge is 0.306 e. The third kappa shape index (κ3) is 5.34. The number of ether oxygens (including phenoxy) is 3. The normalized spacial score (nSPS) is 21.7. The van der Waals surface area contributed by atoms with Gasteiger partial charge in [0.05, 0.1) is 12.7 Å². The Morgan fingerprint density at radius 1 is 1.14 bits per heavy atom. The molecule has 12 heteroatoms. The molecule has 184 valence electrons. The van der Waals surface area contributed by atoms with Gasteiger partial charge in [-0.1, -0.05) is 18.2 Å². The summed E-state index contributed by atoms with van der Waals surface area (Å²) in [7, 11) is 1.42. The molecule has 0 unspecified atom stereocenters. The molecule has 1 aromatic carbocycles. The van der Waals surface area contributed by atoms with Crippen LogP contribution in [0.2, 0.25) is 0 Å². The molecule has 1 aliphatic heterocycles. The van der Waals surface area contributed by atoms with Crippen molar-refractivity contribution in [2.24, 2.45) is 0 Å². The minimum absolute atomic E-state index is 0.0458. The van der Waals surface area contributed by atoms with E-state index in [1.807, 2.05) is 6.07 Å². The summed E-state index contributed by atoms with van der Waals surface area (Å²) in [6.07, 6.45) is -0.871. The summed E-state index contributed by atoms with van der Waals surface area (Å²) < 4.78 is 18.1. The minimum Gasteiger partial charge on any atom is -0.463 e. The Kier molecular flexibility index (Phi) is 7.44. The first-order chi connectivity index (χ1) is 16.9. The van der Waals surface area contributed by atoms with E-state index in [9.17, 15) is 19.5 Å². The van der Waals surface area contributed by atoms with Gasteiger partial charge >= 0.3 is 5.97 Å². The number of rotatable bonds is 9. The molecular formula is C23H25N5O7. The highest BCUT2D eigenvalue weighted by atomic mass is 16.6. The number of fused-ring (bicyclic) bond motifs is 1. The fourth-order valence-corrected chi connectivity index (χ4v) is 3.76. The molecule has 4 atom stereocenters. The molecule has 1 saturated heterocycles. The van der Waals surface area contributed by atoms with E-state index < -0.39 is 30.5 Å². The largest absolute Gasteiger partial charge is 0.463 e. The van der Waals surface area contributed by atoms with Crippen molar-refractivity contribution in [2.75, 3.05) is 19.0 Å². The van der Waals surface area contributed by atoms with Crippen LogP contribution < -0.4 is 5.32 Å². The van der Waals surface area contributed by atoms with Crippen molar-refractivity contribution >= 4 is 34.6 Å². The molecule has 4 rings (SSSR count). The number of aliphatic hydroxyl groups excluding tert-OH is 1. The van der Waals surface area contributed by atoms with E-state index in [0.717, 1.165) is 0 Å². The van der Waals surface area contributed by atoms with E-state index >= 15 is 0 Å². The lowest BCUT2D eigenvalue weighted by Gasteiger charge is -2.19. The van der Waals surface area contributed by atoms with Crippen LogP contribution in [0.4, 0.5) is 5.82 Å². The van der Waals surface area contributed by atoms with E-state index in [-0.39, 0.29) is 37.0 Å². The second-order valence-electron chi connectivity index (χ2n) is 8.01. The van der Waals surface area contributed by atoms with E-state index in [1.165, 1.54) is 26.7 Å². The quantitative estimate of drug-likeness (QED) is 0.425. The average Bonchev–Trinajstić information content (AvgIpc) is 3.43. The minimum atomic E-state index is -1.11. The van der Waals surface area contributed by atoms with E-state index in [2.05, 4.69) is 20.3 Å². The molecule has 3 heterocycles.